The second-order valence-corrected chi connectivity index (χ2v) is 7.29. The van der Waals surface area contributed by atoms with Crippen molar-refractivity contribution in [1.82, 2.24) is 9.97 Å². The highest BCUT2D eigenvalue weighted by atomic mass is 32.1. The predicted molar refractivity (Wildman–Crippen MR) is 91.5 cm³/mol. The van der Waals surface area contributed by atoms with E-state index in [1.807, 2.05) is 0 Å². The summed E-state index contributed by atoms with van der Waals surface area (Å²) in [6, 6.07) is 2.22. The summed E-state index contributed by atoms with van der Waals surface area (Å²) in [4.78, 5) is 14.1. The average Bonchev–Trinajstić information content (AvgIpc) is 2.79. The highest BCUT2D eigenvalue weighted by molar-refractivity contribution is 7.18. The second-order valence-electron chi connectivity index (χ2n) is 6.05. The van der Waals surface area contributed by atoms with Crippen LogP contribution < -0.4 is 10.2 Å². The van der Waals surface area contributed by atoms with E-state index in [0.29, 0.717) is 0 Å². The monoisotopic (exact) mass is 304 g/mol. The van der Waals surface area contributed by atoms with Gasteiger partial charge in [-0.1, -0.05) is 13.3 Å². The maximum absolute atomic E-state index is 4.77. The first kappa shape index (κ1) is 14.6. The Bertz CT molecular complexity index is 618. The molecule has 0 atom stereocenters. The van der Waals surface area contributed by atoms with Crippen molar-refractivity contribution in [3.05, 3.63) is 10.9 Å². The minimum atomic E-state index is 0.765. The molecule has 1 aliphatic rings. The van der Waals surface area contributed by atoms with Gasteiger partial charge in [0.05, 0.1) is 5.39 Å². The molecule has 0 aliphatic heterocycles. The van der Waals surface area contributed by atoms with E-state index in [9.17, 15) is 0 Å². The third kappa shape index (κ3) is 3.12. The minimum absolute atomic E-state index is 0.765. The first-order valence-electron chi connectivity index (χ1n) is 7.90. The lowest BCUT2D eigenvalue weighted by Gasteiger charge is -2.31. The highest BCUT2D eigenvalue weighted by Crippen LogP contribution is 2.33. The molecule has 1 fully saturated rings. The predicted octanol–water partition coefficient (Wildman–Crippen LogP) is 4.06. The van der Waals surface area contributed by atoms with Gasteiger partial charge in [0.25, 0.3) is 0 Å². The van der Waals surface area contributed by atoms with E-state index in [-0.39, 0.29) is 0 Å². The Morgan fingerprint density at radius 1 is 1.38 bits per heavy atom. The number of anilines is 2. The Labute approximate surface area is 130 Å². The fraction of sp³-hybridized carbons (Fsp3) is 0.625. The molecule has 1 N–H and O–H groups in total. The van der Waals surface area contributed by atoms with Gasteiger partial charge in [-0.05, 0) is 38.2 Å². The van der Waals surface area contributed by atoms with Crippen LogP contribution >= 0.6 is 11.3 Å². The molecule has 2 aromatic rings. The molecular weight excluding hydrogens is 280 g/mol. The molecular formula is C16H24N4S. The zero-order chi connectivity index (χ0) is 14.8. The van der Waals surface area contributed by atoms with Crippen molar-refractivity contribution < 1.29 is 0 Å². The molecule has 0 saturated heterocycles. The van der Waals surface area contributed by atoms with Crippen molar-refractivity contribution in [3.8, 4) is 0 Å². The highest BCUT2D eigenvalue weighted by Gasteiger charge is 2.21. The van der Waals surface area contributed by atoms with Gasteiger partial charge in [0.15, 0.2) is 0 Å². The number of aromatic nitrogens is 2. The van der Waals surface area contributed by atoms with Crippen molar-refractivity contribution in [2.24, 2.45) is 5.92 Å². The van der Waals surface area contributed by atoms with Gasteiger partial charge in [0, 0.05) is 25.0 Å². The van der Waals surface area contributed by atoms with Crippen molar-refractivity contribution in [3.63, 3.8) is 0 Å². The van der Waals surface area contributed by atoms with E-state index >= 15 is 0 Å². The van der Waals surface area contributed by atoms with Crippen molar-refractivity contribution in [2.75, 3.05) is 30.4 Å². The largest absolute Gasteiger partial charge is 0.359 e. The zero-order valence-electron chi connectivity index (χ0n) is 13.1. The molecule has 114 valence electrons. The van der Waals surface area contributed by atoms with E-state index in [1.54, 1.807) is 11.3 Å². The molecule has 2 heterocycles. The number of aryl methyl sites for hydroxylation is 1. The standard InChI is InChI=1S/C16H24N4S/c1-4-8-17-16-18-14(20(3)10-12-6-5-7-12)13-9-11(2)21-15(13)19-16/h9,12H,4-8,10H2,1-3H3,(H,17,18,19). The lowest BCUT2D eigenvalue weighted by atomic mass is 9.85. The smallest absolute Gasteiger partial charge is 0.226 e. The van der Waals surface area contributed by atoms with E-state index < -0.39 is 0 Å². The van der Waals surface area contributed by atoms with Gasteiger partial charge in [0.2, 0.25) is 5.95 Å². The molecule has 2 aromatic heterocycles. The maximum atomic E-state index is 4.77. The van der Waals surface area contributed by atoms with Crippen LogP contribution in [0.4, 0.5) is 11.8 Å². The van der Waals surface area contributed by atoms with Crippen LogP contribution in [0.25, 0.3) is 10.2 Å². The van der Waals surface area contributed by atoms with E-state index in [2.05, 4.69) is 42.2 Å². The van der Waals surface area contributed by atoms with Gasteiger partial charge in [-0.15, -0.1) is 11.3 Å². The Hall–Kier alpha value is -1.36. The summed E-state index contributed by atoms with van der Waals surface area (Å²) in [7, 11) is 2.16. The lowest BCUT2D eigenvalue weighted by molar-refractivity contribution is 0.321. The summed E-state index contributed by atoms with van der Waals surface area (Å²) in [6.07, 6.45) is 5.20. The second kappa shape index (κ2) is 6.18. The molecule has 0 radical (unpaired) electrons. The van der Waals surface area contributed by atoms with Crippen LogP contribution in [0.3, 0.4) is 0 Å². The normalized spacial score (nSPS) is 15.2. The van der Waals surface area contributed by atoms with E-state index in [1.165, 1.54) is 29.5 Å². The number of fused-ring (bicyclic) bond motifs is 1. The SMILES string of the molecule is CCCNc1nc(N(C)CC2CCC2)c2cc(C)sc2n1. The van der Waals surface area contributed by atoms with Crippen LogP contribution in [0.15, 0.2) is 6.07 Å². The quantitative estimate of drug-likeness (QED) is 0.874. The van der Waals surface area contributed by atoms with Crippen molar-refractivity contribution >= 4 is 33.3 Å². The van der Waals surface area contributed by atoms with Gasteiger partial charge in [-0.25, -0.2) is 4.98 Å². The van der Waals surface area contributed by atoms with Crippen LogP contribution in [0, 0.1) is 12.8 Å². The average molecular weight is 304 g/mol. The van der Waals surface area contributed by atoms with Crippen LogP contribution in [0.5, 0.6) is 0 Å². The molecule has 21 heavy (non-hydrogen) atoms. The van der Waals surface area contributed by atoms with E-state index in [4.69, 9.17) is 4.98 Å². The summed E-state index contributed by atoms with van der Waals surface area (Å²) in [5, 5.41) is 4.53. The molecule has 0 amide bonds. The van der Waals surface area contributed by atoms with Crippen LogP contribution in [-0.4, -0.2) is 30.1 Å². The lowest BCUT2D eigenvalue weighted by Crippen LogP contribution is -2.30. The number of rotatable bonds is 6. The van der Waals surface area contributed by atoms with Gasteiger partial charge < -0.3 is 10.2 Å². The molecule has 4 nitrogen and oxygen atoms in total. The summed E-state index contributed by atoms with van der Waals surface area (Å²) in [5.41, 5.74) is 0. The zero-order valence-corrected chi connectivity index (χ0v) is 14.0. The molecule has 0 bridgehead atoms. The molecule has 0 spiro atoms. The molecule has 1 aliphatic carbocycles. The third-order valence-corrected chi connectivity index (χ3v) is 5.09. The van der Waals surface area contributed by atoms with Gasteiger partial charge in [0.1, 0.15) is 10.6 Å². The summed E-state index contributed by atoms with van der Waals surface area (Å²) >= 11 is 1.75. The van der Waals surface area contributed by atoms with Crippen LogP contribution in [0.1, 0.15) is 37.5 Å². The molecule has 1 saturated carbocycles. The summed E-state index contributed by atoms with van der Waals surface area (Å²) < 4.78 is 0. The number of hydrogen-bond donors (Lipinski definition) is 1. The Kier molecular flexibility index (Phi) is 4.29. The number of hydrogen-bond acceptors (Lipinski definition) is 5. The molecule has 5 heteroatoms. The first-order valence-corrected chi connectivity index (χ1v) is 8.72. The number of nitrogens with one attached hydrogen (secondary N) is 1. The first-order chi connectivity index (χ1) is 10.2. The topological polar surface area (TPSA) is 41.1 Å². The minimum Gasteiger partial charge on any atom is -0.359 e. The molecule has 0 aromatic carbocycles. The summed E-state index contributed by atoms with van der Waals surface area (Å²) in [6.45, 7) is 6.32. The Balaban J connectivity index is 1.92. The molecule has 0 unspecified atom stereocenters. The van der Waals surface area contributed by atoms with Crippen molar-refractivity contribution in [1.29, 1.82) is 0 Å². The van der Waals surface area contributed by atoms with Crippen molar-refractivity contribution in [2.45, 2.75) is 39.5 Å². The van der Waals surface area contributed by atoms with Crippen LogP contribution in [-0.2, 0) is 0 Å². The number of nitrogens with zero attached hydrogens (tertiary/aromatic N) is 3. The fourth-order valence-corrected chi connectivity index (χ4v) is 3.66. The van der Waals surface area contributed by atoms with Gasteiger partial charge in [-0.3, -0.25) is 0 Å². The third-order valence-electron chi connectivity index (χ3n) is 4.15. The van der Waals surface area contributed by atoms with Gasteiger partial charge >= 0.3 is 0 Å². The van der Waals surface area contributed by atoms with Gasteiger partial charge in [-0.2, -0.15) is 4.98 Å². The molecule has 3 rings (SSSR count). The maximum Gasteiger partial charge on any atom is 0.226 e. The Morgan fingerprint density at radius 3 is 2.86 bits per heavy atom. The van der Waals surface area contributed by atoms with E-state index in [0.717, 1.165) is 42.0 Å². The Morgan fingerprint density at radius 2 is 2.19 bits per heavy atom. The fourth-order valence-electron chi connectivity index (χ4n) is 2.78. The van der Waals surface area contributed by atoms with Crippen LogP contribution in [0.2, 0.25) is 0 Å². The number of thiophene rings is 1. The summed E-state index contributed by atoms with van der Waals surface area (Å²) in [5.74, 6) is 2.68.